The highest BCUT2D eigenvalue weighted by molar-refractivity contribution is 5.55. The number of aliphatic hydroxyl groups excluding tert-OH is 8. The van der Waals surface area contributed by atoms with Crippen molar-refractivity contribution in [2.75, 3.05) is 13.2 Å². The average molecular weight is 797 g/mol. The van der Waals surface area contributed by atoms with Gasteiger partial charge in [-0.2, -0.15) is 0 Å². The number of ether oxygens (including phenoxy) is 3. The molecule has 3 saturated heterocycles. The van der Waals surface area contributed by atoms with Crippen molar-refractivity contribution in [2.24, 2.45) is 0 Å². The maximum atomic E-state index is 11.5. The van der Waals surface area contributed by atoms with Gasteiger partial charge in [-0.15, -0.1) is 0 Å². The van der Waals surface area contributed by atoms with E-state index in [0.29, 0.717) is 11.1 Å². The van der Waals surface area contributed by atoms with E-state index in [1.54, 1.807) is 24.3 Å². The summed E-state index contributed by atoms with van der Waals surface area (Å²) in [6.07, 6.45) is -18.6. The predicted octanol–water partition coefficient (Wildman–Crippen LogP) is 0.330. The zero-order valence-electron chi connectivity index (χ0n) is 29.9. The van der Waals surface area contributed by atoms with Crippen LogP contribution in [-0.2, 0) is 14.2 Å². The molecule has 0 aliphatic carbocycles. The first-order valence-electron chi connectivity index (χ1n) is 18.1. The molecule has 17 heteroatoms. The maximum Gasteiger partial charge on any atom is 0.125 e. The van der Waals surface area contributed by atoms with Crippen LogP contribution >= 0.6 is 0 Å². The first-order valence-corrected chi connectivity index (χ1v) is 18.1. The lowest BCUT2D eigenvalue weighted by atomic mass is 9.74. The molecule has 14 N–H and O–H groups in total. The summed E-state index contributed by atoms with van der Waals surface area (Å²) in [6, 6.07) is 17.0. The molecule has 0 aromatic heterocycles. The van der Waals surface area contributed by atoms with Crippen LogP contribution in [0.15, 0.2) is 72.8 Å². The molecule has 14 atom stereocenters. The van der Waals surface area contributed by atoms with Gasteiger partial charge in [-0.3, -0.25) is 0 Å². The number of phenols is 6. The van der Waals surface area contributed by atoms with E-state index in [2.05, 4.69) is 0 Å². The van der Waals surface area contributed by atoms with E-state index in [-0.39, 0.29) is 33.8 Å². The van der Waals surface area contributed by atoms with Gasteiger partial charge in [0.05, 0.1) is 36.5 Å². The minimum absolute atomic E-state index is 0.0577. The summed E-state index contributed by atoms with van der Waals surface area (Å²) >= 11 is 0. The van der Waals surface area contributed by atoms with Crippen LogP contribution in [0.25, 0.3) is 0 Å². The van der Waals surface area contributed by atoms with Crippen LogP contribution in [0, 0.1) is 0 Å². The van der Waals surface area contributed by atoms with Gasteiger partial charge in [0.1, 0.15) is 95.5 Å². The van der Waals surface area contributed by atoms with Gasteiger partial charge in [0, 0.05) is 11.8 Å². The third kappa shape index (κ3) is 7.21. The molecule has 57 heavy (non-hydrogen) atoms. The van der Waals surface area contributed by atoms with Crippen molar-refractivity contribution in [3.63, 3.8) is 0 Å². The Morgan fingerprint density at radius 2 is 0.684 bits per heavy atom. The molecule has 0 amide bonds. The molecular weight excluding hydrogens is 752 g/mol. The van der Waals surface area contributed by atoms with Gasteiger partial charge in [0.15, 0.2) is 0 Å². The molecule has 0 spiro atoms. The molecule has 17 nitrogen and oxygen atoms in total. The first-order chi connectivity index (χ1) is 27.1. The van der Waals surface area contributed by atoms with E-state index < -0.39 is 121 Å². The second kappa shape index (κ2) is 15.9. The molecule has 3 heterocycles. The highest BCUT2D eigenvalue weighted by atomic mass is 16.6. The van der Waals surface area contributed by atoms with Crippen LogP contribution < -0.4 is 0 Å². The average Bonchev–Trinajstić information content (AvgIpc) is 3.58. The van der Waals surface area contributed by atoms with Gasteiger partial charge < -0.3 is 85.7 Å². The summed E-state index contributed by atoms with van der Waals surface area (Å²) in [5.41, 5.74) is 0.711. The van der Waals surface area contributed by atoms with Crippen molar-refractivity contribution < 1.29 is 85.7 Å². The fourth-order valence-electron chi connectivity index (χ4n) is 8.30. The molecule has 4 aromatic carbocycles. The van der Waals surface area contributed by atoms with Gasteiger partial charge in [0.25, 0.3) is 0 Å². The molecule has 306 valence electrons. The zero-order chi connectivity index (χ0) is 41.0. The number of rotatable bonds is 8. The Labute approximate surface area is 324 Å². The minimum Gasteiger partial charge on any atom is -0.508 e. The van der Waals surface area contributed by atoms with Crippen molar-refractivity contribution in [3.8, 4) is 34.5 Å². The second-order valence-electron chi connectivity index (χ2n) is 14.7. The van der Waals surface area contributed by atoms with E-state index in [1.165, 1.54) is 48.5 Å². The molecule has 7 rings (SSSR count). The molecule has 3 fully saturated rings. The largest absolute Gasteiger partial charge is 0.508 e. The molecule has 4 aromatic rings. The quantitative estimate of drug-likeness (QED) is 0.114. The highest BCUT2D eigenvalue weighted by Gasteiger charge is 2.51. The second-order valence-corrected chi connectivity index (χ2v) is 14.7. The summed E-state index contributed by atoms with van der Waals surface area (Å²) in [7, 11) is 0. The number of aromatic hydroxyl groups is 6. The third-order valence-corrected chi connectivity index (χ3v) is 11.2. The Hall–Kier alpha value is -4.76. The summed E-state index contributed by atoms with van der Waals surface area (Å²) in [6.45, 7) is -1.52. The van der Waals surface area contributed by atoms with Gasteiger partial charge in [-0.05, 0) is 70.8 Å². The van der Waals surface area contributed by atoms with Gasteiger partial charge in [0.2, 0.25) is 0 Å². The summed E-state index contributed by atoms with van der Waals surface area (Å²) < 4.78 is 18.0. The lowest BCUT2D eigenvalue weighted by Crippen LogP contribution is -2.55. The monoisotopic (exact) mass is 796 g/mol. The molecule has 0 bridgehead atoms. The summed E-state index contributed by atoms with van der Waals surface area (Å²) in [4.78, 5) is 0. The van der Waals surface area contributed by atoms with Crippen LogP contribution in [0.5, 0.6) is 34.5 Å². The topological polar surface area (TPSA) is 311 Å². The smallest absolute Gasteiger partial charge is 0.125 e. The zero-order valence-corrected chi connectivity index (χ0v) is 29.9. The SMILES string of the molecule is OC[C@@H]1O[C@H](c2c(O)cc([C@H]3[C@@H](c4cc(O)c([C@@H]5O[C@H](CO)[C@H](O)[C@H](O)[C@@H]5O)c(O)c4)[C@@H](c4ccc(O)cc4)O[C@H]3c3ccc(O)cc3)cc2O)[C@H](O)[C@H](O)[C@H]1O. The van der Waals surface area contributed by atoms with Gasteiger partial charge in [-0.1, -0.05) is 24.3 Å². The third-order valence-electron chi connectivity index (χ3n) is 11.2. The van der Waals surface area contributed by atoms with Gasteiger partial charge >= 0.3 is 0 Å². The Kier molecular flexibility index (Phi) is 11.3. The van der Waals surface area contributed by atoms with E-state index >= 15 is 0 Å². The van der Waals surface area contributed by atoms with Crippen LogP contribution in [-0.4, -0.2) is 134 Å². The maximum absolute atomic E-state index is 11.5. The fraction of sp³-hybridized carbons (Fsp3) is 0.400. The van der Waals surface area contributed by atoms with Crippen molar-refractivity contribution >= 4 is 0 Å². The minimum atomic E-state index is -1.84. The van der Waals surface area contributed by atoms with E-state index in [1.807, 2.05) is 0 Å². The van der Waals surface area contributed by atoms with Gasteiger partial charge in [-0.25, -0.2) is 0 Å². The number of hydrogen-bond acceptors (Lipinski definition) is 17. The number of hydrogen-bond donors (Lipinski definition) is 14. The van der Waals surface area contributed by atoms with Crippen LogP contribution in [0.1, 0.15) is 69.6 Å². The lowest BCUT2D eigenvalue weighted by molar-refractivity contribution is -0.232. The van der Waals surface area contributed by atoms with Crippen LogP contribution in [0.3, 0.4) is 0 Å². The Morgan fingerprint density at radius 1 is 0.368 bits per heavy atom. The first kappa shape index (κ1) is 40.4. The molecule has 3 aliphatic rings. The standard InChI is InChI=1S/C40H44O17/c41-13-25-31(49)33(51)35(53)39(55-25)29-21(45)9-17(10-22(29)46)27-28(38(16-3-7-20(44)8-4-16)57-37(27)15-1-5-19(43)6-2-15)18-11-23(47)30(24(48)12-18)40-36(54)34(52)32(50)26(14-42)56-40/h1-12,25-28,31-54H,13-14H2/t25-,26+,27-,28+,31-,32-,33+,34-,35+,36-,37-,38+,39+,40-/m0/s1. The number of aliphatic hydroxyl groups is 8. The van der Waals surface area contributed by atoms with E-state index in [9.17, 15) is 71.5 Å². The van der Waals surface area contributed by atoms with Crippen LogP contribution in [0.4, 0.5) is 0 Å². The predicted molar refractivity (Wildman–Crippen MR) is 193 cm³/mol. The molecule has 0 radical (unpaired) electrons. The lowest BCUT2D eigenvalue weighted by Gasteiger charge is -2.40. The number of phenolic OH excluding ortho intramolecular Hbond substituents is 6. The Bertz CT molecular complexity index is 1850. The Balaban J connectivity index is 1.39. The Morgan fingerprint density at radius 3 is 0.982 bits per heavy atom. The fourth-order valence-corrected chi connectivity index (χ4v) is 8.30. The highest BCUT2D eigenvalue weighted by Crippen LogP contribution is 2.61. The number of benzene rings is 4. The molecular formula is C40H44O17. The van der Waals surface area contributed by atoms with Crippen molar-refractivity contribution in [3.05, 3.63) is 106 Å². The van der Waals surface area contributed by atoms with Crippen LogP contribution in [0.2, 0.25) is 0 Å². The van der Waals surface area contributed by atoms with E-state index in [4.69, 9.17) is 14.2 Å². The van der Waals surface area contributed by atoms with Crippen molar-refractivity contribution in [2.45, 2.75) is 85.1 Å². The summed E-state index contributed by atoms with van der Waals surface area (Å²) in [5.74, 6) is -4.46. The normalized spacial score (nSPS) is 34.3. The molecule has 0 saturated carbocycles. The van der Waals surface area contributed by atoms with Crippen molar-refractivity contribution in [1.82, 2.24) is 0 Å². The summed E-state index contributed by atoms with van der Waals surface area (Å²) in [5, 5.41) is 149. The van der Waals surface area contributed by atoms with Crippen molar-refractivity contribution in [1.29, 1.82) is 0 Å². The molecule has 0 unspecified atom stereocenters. The van der Waals surface area contributed by atoms with E-state index in [0.717, 1.165) is 0 Å². The molecule has 3 aliphatic heterocycles.